The van der Waals surface area contributed by atoms with E-state index in [0.29, 0.717) is 5.56 Å². The van der Waals surface area contributed by atoms with E-state index in [9.17, 15) is 13.7 Å². The van der Waals surface area contributed by atoms with Crippen LogP contribution in [-0.2, 0) is 15.5 Å². The molecule has 1 aromatic carbocycles. The number of hydrogen-bond acceptors (Lipinski definition) is 3. The van der Waals surface area contributed by atoms with Crippen molar-refractivity contribution in [2.75, 3.05) is 0 Å². The van der Waals surface area contributed by atoms with Crippen LogP contribution < -0.4 is 5.14 Å². The molecule has 0 saturated heterocycles. The SMILES string of the molecule is CC(C)(O)c1ccc(S(=N)(N)=O)c(F)c1. The second-order valence-electron chi connectivity index (χ2n) is 3.80. The van der Waals surface area contributed by atoms with Gasteiger partial charge in [0.15, 0.2) is 0 Å². The lowest BCUT2D eigenvalue weighted by molar-refractivity contribution is 0.0781. The van der Waals surface area contributed by atoms with Crippen molar-refractivity contribution in [3.8, 4) is 0 Å². The van der Waals surface area contributed by atoms with E-state index in [1.165, 1.54) is 19.9 Å². The first-order valence-corrected chi connectivity index (χ1v) is 5.83. The molecule has 0 aromatic heterocycles. The average Bonchev–Trinajstić information content (AvgIpc) is 1.99. The lowest BCUT2D eigenvalue weighted by Crippen LogP contribution is -2.18. The highest BCUT2D eigenvalue weighted by molar-refractivity contribution is 7.90. The van der Waals surface area contributed by atoms with Crippen molar-refractivity contribution >= 4 is 9.92 Å². The molecular weight excluding hydrogens is 219 g/mol. The molecule has 1 atom stereocenters. The molecule has 0 saturated carbocycles. The van der Waals surface area contributed by atoms with Gasteiger partial charge >= 0.3 is 0 Å². The quantitative estimate of drug-likeness (QED) is 0.718. The van der Waals surface area contributed by atoms with Gasteiger partial charge in [0.05, 0.1) is 10.5 Å². The first-order chi connectivity index (χ1) is 6.62. The number of hydrogen-bond donors (Lipinski definition) is 3. The van der Waals surface area contributed by atoms with Gasteiger partial charge in [-0.2, -0.15) is 0 Å². The Labute approximate surface area is 88.0 Å². The number of benzene rings is 1. The van der Waals surface area contributed by atoms with Gasteiger partial charge in [-0.3, -0.25) is 0 Å². The van der Waals surface area contributed by atoms with Crippen molar-refractivity contribution in [1.82, 2.24) is 0 Å². The normalized spacial score (nSPS) is 16.1. The smallest absolute Gasteiger partial charge is 0.141 e. The molecule has 0 bridgehead atoms. The zero-order valence-corrected chi connectivity index (χ0v) is 9.27. The van der Waals surface area contributed by atoms with E-state index in [1.807, 2.05) is 0 Å². The standard InChI is InChI=1S/C9H13FN2O2S/c1-9(2,13)6-3-4-8(7(10)5-6)15(11,12)14/h3-5,13H,1-2H3,(H3,11,12,14). The summed E-state index contributed by atoms with van der Waals surface area (Å²) in [6.45, 7) is 3.00. The highest BCUT2D eigenvalue weighted by Crippen LogP contribution is 2.23. The minimum Gasteiger partial charge on any atom is -0.386 e. The number of aliphatic hydroxyl groups is 1. The van der Waals surface area contributed by atoms with Gasteiger partial charge in [0.25, 0.3) is 0 Å². The van der Waals surface area contributed by atoms with Crippen LogP contribution in [0.2, 0.25) is 0 Å². The summed E-state index contributed by atoms with van der Waals surface area (Å²) < 4.78 is 31.5. The summed E-state index contributed by atoms with van der Waals surface area (Å²) in [7, 11) is -3.55. The molecule has 4 nitrogen and oxygen atoms in total. The molecule has 15 heavy (non-hydrogen) atoms. The summed E-state index contributed by atoms with van der Waals surface area (Å²) in [5.41, 5.74) is -0.843. The van der Waals surface area contributed by atoms with Gasteiger partial charge in [0.2, 0.25) is 0 Å². The van der Waals surface area contributed by atoms with E-state index in [4.69, 9.17) is 9.92 Å². The topological polar surface area (TPSA) is 87.2 Å². The summed E-state index contributed by atoms with van der Waals surface area (Å²) in [4.78, 5) is -0.351. The maximum absolute atomic E-state index is 13.4. The first kappa shape index (κ1) is 12.1. The van der Waals surface area contributed by atoms with Gasteiger partial charge in [-0.05, 0) is 31.5 Å². The molecule has 1 rings (SSSR count). The lowest BCUT2D eigenvalue weighted by atomic mass is 9.99. The van der Waals surface area contributed by atoms with Gasteiger partial charge < -0.3 is 5.11 Å². The molecule has 0 spiro atoms. The second kappa shape index (κ2) is 3.55. The molecule has 0 aliphatic carbocycles. The van der Waals surface area contributed by atoms with Crippen LogP contribution in [0, 0.1) is 10.6 Å². The molecule has 0 radical (unpaired) electrons. The zero-order valence-electron chi connectivity index (χ0n) is 8.45. The first-order valence-electron chi connectivity index (χ1n) is 4.21. The minimum absolute atomic E-state index is 0.340. The Bertz CT molecular complexity index is 477. The molecule has 0 amide bonds. The monoisotopic (exact) mass is 232 g/mol. The zero-order chi connectivity index (χ0) is 11.9. The molecular formula is C9H13FN2O2S. The Balaban J connectivity index is 3.34. The maximum atomic E-state index is 13.4. The maximum Gasteiger partial charge on any atom is 0.141 e. The fraction of sp³-hybridized carbons (Fsp3) is 0.333. The van der Waals surface area contributed by atoms with E-state index in [0.717, 1.165) is 12.1 Å². The van der Waals surface area contributed by atoms with Crippen molar-refractivity contribution in [1.29, 1.82) is 4.78 Å². The molecule has 4 N–H and O–H groups in total. The average molecular weight is 232 g/mol. The highest BCUT2D eigenvalue weighted by atomic mass is 32.2. The molecule has 84 valence electrons. The Morgan fingerprint density at radius 1 is 1.53 bits per heavy atom. The molecule has 1 aromatic rings. The third-order valence-corrected chi connectivity index (χ3v) is 2.95. The van der Waals surface area contributed by atoms with Crippen LogP contribution in [0.5, 0.6) is 0 Å². The third kappa shape index (κ3) is 2.74. The summed E-state index contributed by atoms with van der Waals surface area (Å²) in [5.74, 6) is -0.836. The fourth-order valence-corrected chi connectivity index (χ4v) is 1.75. The lowest BCUT2D eigenvalue weighted by Gasteiger charge is -2.18. The summed E-state index contributed by atoms with van der Waals surface area (Å²) in [6, 6.07) is 3.60. The van der Waals surface area contributed by atoms with E-state index in [2.05, 4.69) is 0 Å². The summed E-state index contributed by atoms with van der Waals surface area (Å²) >= 11 is 0. The number of rotatable bonds is 2. The van der Waals surface area contributed by atoms with Crippen LogP contribution in [-0.4, -0.2) is 9.32 Å². The van der Waals surface area contributed by atoms with Crippen LogP contribution in [0.3, 0.4) is 0 Å². The predicted octanol–water partition coefficient (Wildman–Crippen LogP) is 1.33. The number of nitrogens with one attached hydrogen (secondary N) is 1. The van der Waals surface area contributed by atoms with Gasteiger partial charge in [-0.1, -0.05) is 6.07 Å². The van der Waals surface area contributed by atoms with Gasteiger partial charge in [-0.15, -0.1) is 0 Å². The van der Waals surface area contributed by atoms with Gasteiger partial charge in [-0.25, -0.2) is 18.5 Å². The molecule has 0 fully saturated rings. The van der Waals surface area contributed by atoms with Crippen LogP contribution in [0.4, 0.5) is 4.39 Å². The molecule has 6 heteroatoms. The van der Waals surface area contributed by atoms with E-state index in [1.54, 1.807) is 0 Å². The Morgan fingerprint density at radius 2 is 2.07 bits per heavy atom. The van der Waals surface area contributed by atoms with E-state index in [-0.39, 0.29) is 4.90 Å². The van der Waals surface area contributed by atoms with Gasteiger partial charge in [0, 0.05) is 0 Å². The predicted molar refractivity (Wildman–Crippen MR) is 55.0 cm³/mol. The van der Waals surface area contributed by atoms with Crippen molar-refractivity contribution in [2.24, 2.45) is 5.14 Å². The second-order valence-corrected chi connectivity index (χ2v) is 5.45. The fourth-order valence-electron chi connectivity index (χ4n) is 1.13. The van der Waals surface area contributed by atoms with Crippen molar-refractivity contribution in [3.63, 3.8) is 0 Å². The molecule has 0 heterocycles. The largest absolute Gasteiger partial charge is 0.386 e. The number of halogens is 1. The van der Waals surface area contributed by atoms with Crippen molar-refractivity contribution in [2.45, 2.75) is 24.3 Å². The number of nitrogens with two attached hydrogens (primary N) is 1. The summed E-state index contributed by atoms with van der Waals surface area (Å²) in [5, 5.41) is 14.6. The van der Waals surface area contributed by atoms with Crippen LogP contribution in [0.15, 0.2) is 23.1 Å². The third-order valence-electron chi connectivity index (χ3n) is 1.97. The van der Waals surface area contributed by atoms with E-state index >= 15 is 0 Å². The van der Waals surface area contributed by atoms with Crippen LogP contribution in [0.25, 0.3) is 0 Å². The highest BCUT2D eigenvalue weighted by Gasteiger charge is 2.19. The summed E-state index contributed by atoms with van der Waals surface area (Å²) in [6.07, 6.45) is 0. The molecule has 0 aliphatic rings. The Morgan fingerprint density at radius 3 is 2.40 bits per heavy atom. The molecule has 0 aliphatic heterocycles. The van der Waals surface area contributed by atoms with Crippen molar-refractivity contribution < 1.29 is 13.7 Å². The van der Waals surface area contributed by atoms with Crippen molar-refractivity contribution in [3.05, 3.63) is 29.6 Å². The minimum atomic E-state index is -3.55. The Hall–Kier alpha value is -0.980. The van der Waals surface area contributed by atoms with Crippen LogP contribution >= 0.6 is 0 Å². The van der Waals surface area contributed by atoms with E-state index < -0.39 is 21.3 Å². The van der Waals surface area contributed by atoms with Crippen LogP contribution in [0.1, 0.15) is 19.4 Å². The Kier molecular flexibility index (Phi) is 2.86. The van der Waals surface area contributed by atoms with Gasteiger partial charge in [0.1, 0.15) is 15.7 Å². The molecule has 1 unspecified atom stereocenters.